The fraction of sp³-hybridized carbons (Fsp3) is 0.556. The largest absolute Gasteiger partial charge is 0.364 e. The summed E-state index contributed by atoms with van der Waals surface area (Å²) >= 11 is 1.70. The minimum atomic E-state index is 0.0823. The number of nitrogens with zero attached hydrogens (tertiary/aromatic N) is 5. The van der Waals surface area contributed by atoms with Crippen molar-refractivity contribution < 1.29 is 4.79 Å². The minimum Gasteiger partial charge on any atom is -0.364 e. The fourth-order valence-corrected chi connectivity index (χ4v) is 3.71. The van der Waals surface area contributed by atoms with Crippen molar-refractivity contribution >= 4 is 29.0 Å². The predicted octanol–water partition coefficient (Wildman–Crippen LogP) is 2.64. The van der Waals surface area contributed by atoms with Crippen molar-refractivity contribution in [1.82, 2.24) is 19.9 Å². The molecule has 1 aliphatic rings. The first-order valence-corrected chi connectivity index (χ1v) is 9.74. The van der Waals surface area contributed by atoms with Gasteiger partial charge in [-0.3, -0.25) is 4.79 Å². The molecule has 1 N–H and O–H groups in total. The molecular formula is C18H26N6OS. The molecule has 3 rings (SSSR count). The van der Waals surface area contributed by atoms with E-state index in [0.717, 1.165) is 34.2 Å². The van der Waals surface area contributed by atoms with Gasteiger partial charge in [-0.25, -0.2) is 9.97 Å². The van der Waals surface area contributed by atoms with E-state index in [1.54, 1.807) is 18.3 Å². The van der Waals surface area contributed by atoms with Gasteiger partial charge in [-0.2, -0.15) is 4.98 Å². The SMILES string of the molecule is CC(=O)N1CCc2c(nc(N(C)C)nc2NCc2csc(C(C)C)n2)C1. The van der Waals surface area contributed by atoms with Crippen LogP contribution in [0, 0.1) is 0 Å². The van der Waals surface area contributed by atoms with E-state index in [9.17, 15) is 4.79 Å². The van der Waals surface area contributed by atoms with E-state index < -0.39 is 0 Å². The van der Waals surface area contributed by atoms with Crippen LogP contribution in [0.5, 0.6) is 0 Å². The molecular weight excluding hydrogens is 348 g/mol. The van der Waals surface area contributed by atoms with E-state index >= 15 is 0 Å². The summed E-state index contributed by atoms with van der Waals surface area (Å²) in [6.07, 6.45) is 0.763. The van der Waals surface area contributed by atoms with Crippen LogP contribution in [-0.4, -0.2) is 46.4 Å². The first kappa shape index (κ1) is 18.6. The number of hydrogen-bond donors (Lipinski definition) is 1. The number of hydrogen-bond acceptors (Lipinski definition) is 7. The Morgan fingerprint density at radius 3 is 2.73 bits per heavy atom. The van der Waals surface area contributed by atoms with E-state index in [-0.39, 0.29) is 5.91 Å². The van der Waals surface area contributed by atoms with Gasteiger partial charge in [0.2, 0.25) is 11.9 Å². The standard InChI is InChI=1S/C18H26N6OS/c1-11(2)17-20-13(10-26-17)8-19-16-14-6-7-24(12(3)25)9-15(14)21-18(22-16)23(4)5/h10-11H,6-9H2,1-5H3,(H,19,21,22). The van der Waals surface area contributed by atoms with Gasteiger partial charge >= 0.3 is 0 Å². The third-order valence-corrected chi connectivity index (χ3v) is 5.59. The lowest BCUT2D eigenvalue weighted by molar-refractivity contribution is -0.129. The molecule has 1 aliphatic heterocycles. The second-order valence-electron chi connectivity index (χ2n) is 7.07. The molecule has 0 aromatic carbocycles. The molecule has 0 saturated heterocycles. The van der Waals surface area contributed by atoms with Crippen molar-refractivity contribution in [3.63, 3.8) is 0 Å². The highest BCUT2D eigenvalue weighted by molar-refractivity contribution is 7.09. The smallest absolute Gasteiger partial charge is 0.227 e. The second-order valence-corrected chi connectivity index (χ2v) is 7.96. The van der Waals surface area contributed by atoms with Crippen molar-refractivity contribution in [2.75, 3.05) is 30.9 Å². The molecule has 7 nitrogen and oxygen atoms in total. The summed E-state index contributed by atoms with van der Waals surface area (Å²) in [6, 6.07) is 0. The van der Waals surface area contributed by atoms with Crippen molar-refractivity contribution in [2.24, 2.45) is 0 Å². The maximum absolute atomic E-state index is 11.7. The van der Waals surface area contributed by atoms with Gasteiger partial charge in [0.1, 0.15) is 5.82 Å². The Kier molecular flexibility index (Phi) is 5.41. The third kappa shape index (κ3) is 3.95. The molecule has 1 amide bonds. The number of carbonyl (C=O) groups excluding carboxylic acids is 1. The summed E-state index contributed by atoms with van der Waals surface area (Å²) in [7, 11) is 3.85. The number of rotatable bonds is 5. The highest BCUT2D eigenvalue weighted by Crippen LogP contribution is 2.27. The number of carbonyl (C=O) groups is 1. The molecule has 0 radical (unpaired) electrons. The molecule has 0 unspecified atom stereocenters. The normalized spacial score (nSPS) is 13.7. The molecule has 0 fully saturated rings. The fourth-order valence-electron chi connectivity index (χ4n) is 2.88. The van der Waals surface area contributed by atoms with Gasteiger partial charge in [0, 0.05) is 44.4 Å². The topological polar surface area (TPSA) is 74.2 Å². The minimum absolute atomic E-state index is 0.0823. The molecule has 0 bridgehead atoms. The number of nitrogens with one attached hydrogen (secondary N) is 1. The summed E-state index contributed by atoms with van der Waals surface area (Å²) in [4.78, 5) is 29.5. The Morgan fingerprint density at radius 2 is 2.12 bits per heavy atom. The zero-order chi connectivity index (χ0) is 18.8. The summed E-state index contributed by atoms with van der Waals surface area (Å²) in [5.74, 6) is 2.02. The summed E-state index contributed by atoms with van der Waals surface area (Å²) in [5, 5.41) is 6.69. The third-order valence-electron chi connectivity index (χ3n) is 4.40. The molecule has 0 aliphatic carbocycles. The maximum Gasteiger partial charge on any atom is 0.227 e. The monoisotopic (exact) mass is 374 g/mol. The van der Waals surface area contributed by atoms with E-state index in [2.05, 4.69) is 39.5 Å². The number of amides is 1. The van der Waals surface area contributed by atoms with Crippen molar-refractivity contribution in [3.8, 4) is 0 Å². The maximum atomic E-state index is 11.7. The molecule has 0 atom stereocenters. The molecule has 0 saturated carbocycles. The Bertz CT molecular complexity index is 801. The Labute approximate surface area is 158 Å². The van der Waals surface area contributed by atoms with Crippen LogP contribution in [0.15, 0.2) is 5.38 Å². The van der Waals surface area contributed by atoms with Crippen LogP contribution in [0.2, 0.25) is 0 Å². The lowest BCUT2D eigenvalue weighted by atomic mass is 10.1. The predicted molar refractivity (Wildman–Crippen MR) is 105 cm³/mol. The van der Waals surface area contributed by atoms with Gasteiger partial charge in [-0.05, 0) is 6.42 Å². The zero-order valence-electron chi connectivity index (χ0n) is 16.0. The van der Waals surface area contributed by atoms with Gasteiger partial charge in [0.15, 0.2) is 0 Å². The number of thiazole rings is 1. The van der Waals surface area contributed by atoms with E-state index in [4.69, 9.17) is 0 Å². The Balaban J connectivity index is 1.84. The molecule has 2 aromatic heterocycles. The number of aromatic nitrogens is 3. The van der Waals surface area contributed by atoms with E-state index in [0.29, 0.717) is 31.5 Å². The van der Waals surface area contributed by atoms with Gasteiger partial charge in [0.05, 0.1) is 29.5 Å². The van der Waals surface area contributed by atoms with Gasteiger partial charge in [-0.1, -0.05) is 13.8 Å². The average molecular weight is 375 g/mol. The van der Waals surface area contributed by atoms with Crippen LogP contribution < -0.4 is 10.2 Å². The highest BCUT2D eigenvalue weighted by Gasteiger charge is 2.24. The second kappa shape index (κ2) is 7.57. The first-order chi connectivity index (χ1) is 12.3. The first-order valence-electron chi connectivity index (χ1n) is 8.86. The van der Waals surface area contributed by atoms with Gasteiger partial charge < -0.3 is 15.1 Å². The zero-order valence-corrected chi connectivity index (χ0v) is 16.9. The summed E-state index contributed by atoms with van der Waals surface area (Å²) < 4.78 is 0. The summed E-state index contributed by atoms with van der Waals surface area (Å²) in [5.41, 5.74) is 3.06. The van der Waals surface area contributed by atoms with Crippen LogP contribution in [0.4, 0.5) is 11.8 Å². The van der Waals surface area contributed by atoms with E-state index in [1.165, 1.54) is 0 Å². The van der Waals surface area contributed by atoms with Gasteiger partial charge in [-0.15, -0.1) is 11.3 Å². The number of anilines is 2. The Hall–Kier alpha value is -2.22. The van der Waals surface area contributed by atoms with Crippen LogP contribution in [0.25, 0.3) is 0 Å². The van der Waals surface area contributed by atoms with Crippen molar-refractivity contribution in [3.05, 3.63) is 27.3 Å². The lowest BCUT2D eigenvalue weighted by Gasteiger charge is -2.29. The molecule has 8 heteroatoms. The lowest BCUT2D eigenvalue weighted by Crippen LogP contribution is -2.35. The Morgan fingerprint density at radius 1 is 1.35 bits per heavy atom. The van der Waals surface area contributed by atoms with Crippen molar-refractivity contribution in [1.29, 1.82) is 0 Å². The quantitative estimate of drug-likeness (QED) is 0.867. The molecule has 2 aromatic rings. The van der Waals surface area contributed by atoms with Crippen LogP contribution in [-0.2, 0) is 24.3 Å². The highest BCUT2D eigenvalue weighted by atomic mass is 32.1. The molecule has 3 heterocycles. The van der Waals surface area contributed by atoms with Crippen LogP contribution in [0.3, 0.4) is 0 Å². The summed E-state index contributed by atoms with van der Waals surface area (Å²) in [6.45, 7) is 7.79. The number of fused-ring (bicyclic) bond motifs is 1. The molecule has 0 spiro atoms. The molecule has 140 valence electrons. The molecule has 26 heavy (non-hydrogen) atoms. The van der Waals surface area contributed by atoms with Crippen molar-refractivity contribution in [2.45, 2.75) is 46.2 Å². The van der Waals surface area contributed by atoms with E-state index in [1.807, 2.05) is 23.9 Å². The van der Waals surface area contributed by atoms with Crippen LogP contribution >= 0.6 is 11.3 Å². The van der Waals surface area contributed by atoms with Gasteiger partial charge in [0.25, 0.3) is 0 Å². The van der Waals surface area contributed by atoms with Crippen LogP contribution in [0.1, 0.15) is 48.6 Å². The average Bonchev–Trinajstić information content (AvgIpc) is 3.08.